The summed E-state index contributed by atoms with van der Waals surface area (Å²) in [6.07, 6.45) is 2.21. The van der Waals surface area contributed by atoms with Gasteiger partial charge in [-0.05, 0) is 163 Å². The van der Waals surface area contributed by atoms with E-state index in [4.69, 9.17) is 0 Å². The largest absolute Gasteiger partial charge is 0.0622 e. The normalized spacial score (nSPS) is 12.7. The van der Waals surface area contributed by atoms with Crippen LogP contribution in [0.15, 0.2) is 127 Å². The fourth-order valence-electron chi connectivity index (χ4n) is 8.65. The standard InChI is InChI=1S/C21H18.C17H18.C15H14/c1-14-8-10-17-18-11-9-15(2)13-20(18)21(19(17)12-14)16-6-4-3-5-7-16;1-10-5-14-9-15-6-11(2)13(4)8-17(15)16(14)7-12(10)3;1-10-3-5-12-9-13-6-4-11(2)8-15(13)14(12)7-10/h3-13,21H,1-2H3;5-8H,9H2,1-4H3;3-8H,9H2,1-2H3. The molecule has 0 bridgehead atoms. The lowest BCUT2D eigenvalue weighted by atomic mass is 9.88. The van der Waals surface area contributed by atoms with E-state index in [1.54, 1.807) is 0 Å². The summed E-state index contributed by atoms with van der Waals surface area (Å²) in [7, 11) is 0. The van der Waals surface area contributed by atoms with Gasteiger partial charge in [-0.2, -0.15) is 0 Å². The molecule has 0 radical (unpaired) electrons. The second kappa shape index (κ2) is 13.8. The summed E-state index contributed by atoms with van der Waals surface area (Å²) >= 11 is 0. The minimum absolute atomic E-state index is 0.371. The third kappa shape index (κ3) is 6.57. The van der Waals surface area contributed by atoms with Crippen molar-refractivity contribution in [3.63, 3.8) is 0 Å². The molecule has 0 saturated carbocycles. The molecular formula is C53H50. The first kappa shape index (κ1) is 34.6. The van der Waals surface area contributed by atoms with Crippen LogP contribution >= 0.6 is 0 Å². The van der Waals surface area contributed by atoms with Gasteiger partial charge in [-0.1, -0.05) is 150 Å². The minimum atomic E-state index is 0.371. The maximum absolute atomic E-state index is 2.36. The van der Waals surface area contributed by atoms with E-state index < -0.39 is 0 Å². The molecule has 10 rings (SSSR count). The summed E-state index contributed by atoms with van der Waals surface area (Å²) in [4.78, 5) is 0. The van der Waals surface area contributed by atoms with Crippen LogP contribution in [0.1, 0.15) is 89.4 Å². The SMILES string of the molecule is Cc1cc2c(cc1C)-c1cc(C)c(C)cc1C2.Cc1ccc2c(c1)-c1cc(C)ccc1C2.Cc1ccc2c(c1)C(c1ccccc1)c1cc(C)ccc1-2. The van der Waals surface area contributed by atoms with Gasteiger partial charge < -0.3 is 0 Å². The zero-order valence-electron chi connectivity index (χ0n) is 32.6. The Morgan fingerprint density at radius 3 is 1.17 bits per heavy atom. The van der Waals surface area contributed by atoms with Crippen LogP contribution in [-0.2, 0) is 12.8 Å². The Morgan fingerprint density at radius 2 is 0.698 bits per heavy atom. The lowest BCUT2D eigenvalue weighted by molar-refractivity contribution is 1.01. The van der Waals surface area contributed by atoms with Gasteiger partial charge in [0.1, 0.15) is 0 Å². The zero-order chi connectivity index (χ0) is 37.0. The van der Waals surface area contributed by atoms with Gasteiger partial charge in [0, 0.05) is 5.92 Å². The molecule has 0 N–H and O–H groups in total. The van der Waals surface area contributed by atoms with Gasteiger partial charge in [0.25, 0.3) is 0 Å². The van der Waals surface area contributed by atoms with E-state index in [1.807, 2.05) is 0 Å². The highest BCUT2D eigenvalue weighted by Gasteiger charge is 2.30. The van der Waals surface area contributed by atoms with Gasteiger partial charge >= 0.3 is 0 Å². The number of rotatable bonds is 1. The van der Waals surface area contributed by atoms with Crippen LogP contribution < -0.4 is 0 Å². The van der Waals surface area contributed by atoms with Gasteiger partial charge in [0.2, 0.25) is 0 Å². The molecule has 3 aliphatic rings. The Balaban J connectivity index is 0.000000115. The number of benzene rings is 7. The van der Waals surface area contributed by atoms with Crippen LogP contribution in [0, 0.1) is 55.4 Å². The van der Waals surface area contributed by atoms with Crippen LogP contribution in [0.3, 0.4) is 0 Å². The van der Waals surface area contributed by atoms with Crippen molar-refractivity contribution in [2.24, 2.45) is 0 Å². The van der Waals surface area contributed by atoms with E-state index in [0.29, 0.717) is 5.92 Å². The van der Waals surface area contributed by atoms with Crippen molar-refractivity contribution in [2.75, 3.05) is 0 Å². The van der Waals surface area contributed by atoms with Gasteiger partial charge in [0.15, 0.2) is 0 Å². The molecular weight excluding hydrogens is 637 g/mol. The highest BCUT2D eigenvalue weighted by molar-refractivity contribution is 5.82. The maximum Gasteiger partial charge on any atom is 0.0352 e. The quantitative estimate of drug-likeness (QED) is 0.161. The summed E-state index contributed by atoms with van der Waals surface area (Å²) in [5, 5.41) is 0. The Hall–Kier alpha value is -5.46. The predicted molar refractivity (Wildman–Crippen MR) is 227 cm³/mol. The lowest BCUT2D eigenvalue weighted by Crippen LogP contribution is -1.99. The lowest BCUT2D eigenvalue weighted by Gasteiger charge is -2.15. The molecule has 262 valence electrons. The number of hydrogen-bond donors (Lipinski definition) is 0. The smallest absolute Gasteiger partial charge is 0.0352 e. The average molecular weight is 687 g/mol. The van der Waals surface area contributed by atoms with E-state index in [9.17, 15) is 0 Å². The van der Waals surface area contributed by atoms with E-state index in [-0.39, 0.29) is 0 Å². The van der Waals surface area contributed by atoms with Crippen LogP contribution in [0.4, 0.5) is 0 Å². The Bertz CT molecular complexity index is 2370. The van der Waals surface area contributed by atoms with Crippen molar-refractivity contribution in [3.8, 4) is 33.4 Å². The van der Waals surface area contributed by atoms with Gasteiger partial charge in [-0.15, -0.1) is 0 Å². The minimum Gasteiger partial charge on any atom is -0.0622 e. The molecule has 0 spiro atoms. The molecule has 0 fully saturated rings. The molecule has 0 atom stereocenters. The number of aryl methyl sites for hydroxylation is 8. The average Bonchev–Trinajstić information content (AvgIpc) is 3.77. The van der Waals surface area contributed by atoms with E-state index in [0.717, 1.165) is 12.8 Å². The Labute approximate surface area is 317 Å². The predicted octanol–water partition coefficient (Wildman–Crippen LogP) is 13.8. The molecule has 0 heterocycles. The van der Waals surface area contributed by atoms with Crippen LogP contribution in [-0.4, -0.2) is 0 Å². The fourth-order valence-corrected chi connectivity index (χ4v) is 8.65. The van der Waals surface area contributed by atoms with E-state index >= 15 is 0 Å². The molecule has 7 aromatic carbocycles. The van der Waals surface area contributed by atoms with E-state index in [2.05, 4.69) is 183 Å². The number of fused-ring (bicyclic) bond motifs is 9. The van der Waals surface area contributed by atoms with Gasteiger partial charge in [-0.3, -0.25) is 0 Å². The molecule has 0 saturated heterocycles. The number of hydrogen-bond acceptors (Lipinski definition) is 0. The third-order valence-corrected chi connectivity index (χ3v) is 11.8. The van der Waals surface area contributed by atoms with Crippen molar-refractivity contribution in [1.82, 2.24) is 0 Å². The summed E-state index contributed by atoms with van der Waals surface area (Å²) in [5.74, 6) is 0.371. The van der Waals surface area contributed by atoms with Crippen LogP contribution in [0.2, 0.25) is 0 Å². The Morgan fingerprint density at radius 1 is 0.321 bits per heavy atom. The topological polar surface area (TPSA) is 0 Å². The van der Waals surface area contributed by atoms with Crippen molar-refractivity contribution in [1.29, 1.82) is 0 Å². The summed E-state index contributed by atoms with van der Waals surface area (Å²) in [6.45, 7) is 17.5. The zero-order valence-corrected chi connectivity index (χ0v) is 32.6. The fraction of sp³-hybridized carbons (Fsp3) is 0.208. The first-order chi connectivity index (χ1) is 25.5. The van der Waals surface area contributed by atoms with Crippen LogP contribution in [0.5, 0.6) is 0 Å². The van der Waals surface area contributed by atoms with Crippen molar-refractivity contribution in [3.05, 3.63) is 211 Å². The molecule has 0 heteroatoms. The molecule has 53 heavy (non-hydrogen) atoms. The molecule has 0 unspecified atom stereocenters. The Kier molecular flexibility index (Phi) is 9.03. The maximum atomic E-state index is 2.36. The molecule has 0 amide bonds. The summed E-state index contributed by atoms with van der Waals surface area (Å²) in [5.41, 5.74) is 29.7. The molecule has 0 aromatic heterocycles. The van der Waals surface area contributed by atoms with Crippen LogP contribution in [0.25, 0.3) is 33.4 Å². The molecule has 7 aromatic rings. The van der Waals surface area contributed by atoms with E-state index in [1.165, 1.54) is 117 Å². The summed E-state index contributed by atoms with van der Waals surface area (Å²) in [6, 6.07) is 47.5. The van der Waals surface area contributed by atoms with Crippen molar-refractivity contribution in [2.45, 2.75) is 74.1 Å². The molecule has 0 nitrogen and oxygen atoms in total. The van der Waals surface area contributed by atoms with Crippen molar-refractivity contribution >= 4 is 0 Å². The molecule has 0 aliphatic heterocycles. The van der Waals surface area contributed by atoms with Gasteiger partial charge in [0.05, 0.1) is 0 Å². The first-order valence-electron chi connectivity index (χ1n) is 19.2. The third-order valence-electron chi connectivity index (χ3n) is 11.8. The van der Waals surface area contributed by atoms with Crippen molar-refractivity contribution < 1.29 is 0 Å². The molecule has 3 aliphatic carbocycles. The second-order valence-electron chi connectivity index (χ2n) is 15.9. The van der Waals surface area contributed by atoms with Gasteiger partial charge in [-0.25, -0.2) is 0 Å². The second-order valence-corrected chi connectivity index (χ2v) is 15.9. The monoisotopic (exact) mass is 686 g/mol. The highest BCUT2D eigenvalue weighted by Crippen LogP contribution is 2.48. The highest BCUT2D eigenvalue weighted by atomic mass is 14.3. The summed E-state index contributed by atoms with van der Waals surface area (Å²) < 4.78 is 0. The first-order valence-corrected chi connectivity index (χ1v) is 19.2.